The molecule has 1 saturated carbocycles. The van der Waals surface area contributed by atoms with Gasteiger partial charge in [0, 0.05) is 12.6 Å². The Bertz CT molecular complexity index is 1040. The number of hydrogen-bond acceptors (Lipinski definition) is 6. The largest absolute Gasteiger partial charge is 0.444 e. The van der Waals surface area contributed by atoms with Crippen LogP contribution in [-0.4, -0.2) is 37.9 Å². The lowest BCUT2D eigenvalue weighted by atomic mass is 9.85. The standard InChI is InChI=1S/C22H30N4O3S/c1-13(27)20-25-17-12-23-16-9-10-30-19(16)18(17)26(20)15-7-5-14(6-8-15)11-24-21(28)29-22(2,3)4/h9-10,12-15,27H,5-8,11H2,1-4H3,(H,24,28)/t13-,14?,15?/m1/s1. The Hall–Kier alpha value is -2.19. The van der Waals surface area contributed by atoms with Crippen molar-refractivity contribution in [1.82, 2.24) is 19.9 Å². The van der Waals surface area contributed by atoms with Crippen LogP contribution in [0.15, 0.2) is 17.6 Å². The van der Waals surface area contributed by atoms with Crippen LogP contribution in [0.5, 0.6) is 0 Å². The van der Waals surface area contributed by atoms with Crippen LogP contribution < -0.4 is 5.32 Å². The lowest BCUT2D eigenvalue weighted by Gasteiger charge is -2.31. The van der Waals surface area contributed by atoms with E-state index in [1.807, 2.05) is 33.0 Å². The van der Waals surface area contributed by atoms with Crippen LogP contribution in [0.4, 0.5) is 4.79 Å². The van der Waals surface area contributed by atoms with Gasteiger partial charge in [0.2, 0.25) is 0 Å². The van der Waals surface area contributed by atoms with Crippen molar-refractivity contribution in [2.75, 3.05) is 6.54 Å². The number of thiophene rings is 1. The highest BCUT2D eigenvalue weighted by Crippen LogP contribution is 2.39. The number of fused-ring (bicyclic) bond motifs is 3. The number of amides is 1. The van der Waals surface area contributed by atoms with Gasteiger partial charge in [-0.2, -0.15) is 0 Å². The van der Waals surface area contributed by atoms with Crippen LogP contribution >= 0.6 is 11.3 Å². The highest BCUT2D eigenvalue weighted by molar-refractivity contribution is 7.18. The molecule has 0 radical (unpaired) electrons. The van der Waals surface area contributed by atoms with Gasteiger partial charge in [0.25, 0.3) is 0 Å². The first-order valence-corrected chi connectivity index (χ1v) is 11.5. The summed E-state index contributed by atoms with van der Waals surface area (Å²) in [6, 6.07) is 2.31. The molecule has 3 heterocycles. The molecule has 0 saturated heterocycles. The van der Waals surface area contributed by atoms with Gasteiger partial charge >= 0.3 is 6.09 Å². The van der Waals surface area contributed by atoms with Crippen molar-refractivity contribution in [3.63, 3.8) is 0 Å². The van der Waals surface area contributed by atoms with Gasteiger partial charge < -0.3 is 19.7 Å². The molecule has 0 aliphatic heterocycles. The van der Waals surface area contributed by atoms with E-state index < -0.39 is 11.7 Å². The van der Waals surface area contributed by atoms with Gasteiger partial charge in [0.1, 0.15) is 23.0 Å². The summed E-state index contributed by atoms with van der Waals surface area (Å²) < 4.78 is 8.71. The number of carbonyl (C=O) groups is 1. The minimum absolute atomic E-state index is 0.282. The molecule has 4 rings (SSSR count). The van der Waals surface area contributed by atoms with Gasteiger partial charge in [-0.15, -0.1) is 11.3 Å². The van der Waals surface area contributed by atoms with E-state index in [1.54, 1.807) is 18.3 Å². The van der Waals surface area contributed by atoms with Crippen molar-refractivity contribution in [3.8, 4) is 0 Å². The number of rotatable bonds is 4. The molecule has 30 heavy (non-hydrogen) atoms. The third-order valence-corrected chi connectivity index (χ3v) is 6.55. The van der Waals surface area contributed by atoms with Gasteiger partial charge in [-0.05, 0) is 70.7 Å². The van der Waals surface area contributed by atoms with Crippen molar-refractivity contribution in [1.29, 1.82) is 0 Å². The van der Waals surface area contributed by atoms with Gasteiger partial charge in [-0.25, -0.2) is 9.78 Å². The quantitative estimate of drug-likeness (QED) is 0.611. The lowest BCUT2D eigenvalue weighted by Crippen LogP contribution is -2.36. The van der Waals surface area contributed by atoms with Gasteiger partial charge in [-0.3, -0.25) is 4.98 Å². The highest BCUT2D eigenvalue weighted by Gasteiger charge is 2.28. The van der Waals surface area contributed by atoms with Crippen LogP contribution in [0.2, 0.25) is 0 Å². The molecular weight excluding hydrogens is 400 g/mol. The van der Waals surface area contributed by atoms with Crippen LogP contribution in [0.25, 0.3) is 21.3 Å². The first-order valence-electron chi connectivity index (χ1n) is 10.6. The van der Waals surface area contributed by atoms with E-state index in [1.165, 1.54) is 0 Å². The Kier molecular flexibility index (Phi) is 5.72. The number of imidazole rings is 1. The third kappa shape index (κ3) is 4.30. The van der Waals surface area contributed by atoms with Crippen molar-refractivity contribution >= 4 is 38.7 Å². The summed E-state index contributed by atoms with van der Waals surface area (Å²) in [6.07, 6.45) is 4.81. The fourth-order valence-corrected chi connectivity index (χ4v) is 5.20. The van der Waals surface area contributed by atoms with E-state index in [-0.39, 0.29) is 12.1 Å². The zero-order valence-electron chi connectivity index (χ0n) is 18.0. The molecular formula is C22H30N4O3S. The number of pyridine rings is 1. The summed E-state index contributed by atoms with van der Waals surface area (Å²) in [7, 11) is 0. The zero-order valence-corrected chi connectivity index (χ0v) is 18.8. The molecule has 1 amide bonds. The minimum atomic E-state index is -0.640. The Morgan fingerprint density at radius 2 is 2.07 bits per heavy atom. The number of hydrogen-bond donors (Lipinski definition) is 2. The Labute approximate surface area is 180 Å². The molecule has 7 nitrogen and oxygen atoms in total. The summed E-state index contributed by atoms with van der Waals surface area (Å²) in [5, 5.41) is 15.4. The molecule has 0 bridgehead atoms. The summed E-state index contributed by atoms with van der Waals surface area (Å²) in [5.74, 6) is 1.14. The van der Waals surface area contributed by atoms with E-state index in [2.05, 4.69) is 20.2 Å². The fraction of sp³-hybridized carbons (Fsp3) is 0.591. The molecule has 8 heteroatoms. The van der Waals surface area contributed by atoms with Gasteiger partial charge in [-0.1, -0.05) is 0 Å². The molecule has 0 aromatic carbocycles. The smallest absolute Gasteiger partial charge is 0.407 e. The fourth-order valence-electron chi connectivity index (χ4n) is 4.31. The molecule has 162 valence electrons. The number of aliphatic hydroxyl groups excluding tert-OH is 1. The molecule has 1 aliphatic carbocycles. The second-order valence-corrected chi connectivity index (χ2v) is 10.1. The van der Waals surface area contributed by atoms with Crippen LogP contribution in [0, 0.1) is 5.92 Å². The number of aliphatic hydroxyl groups is 1. The van der Waals surface area contributed by atoms with Crippen molar-refractivity contribution in [3.05, 3.63) is 23.5 Å². The van der Waals surface area contributed by atoms with Gasteiger partial charge in [0.15, 0.2) is 0 Å². The molecule has 1 atom stereocenters. The number of alkyl carbamates (subject to hydrolysis) is 1. The Morgan fingerprint density at radius 1 is 1.33 bits per heavy atom. The van der Waals surface area contributed by atoms with E-state index in [4.69, 9.17) is 9.72 Å². The average Bonchev–Trinajstić information content (AvgIpc) is 3.29. The second kappa shape index (κ2) is 8.15. The summed E-state index contributed by atoms with van der Waals surface area (Å²) in [6.45, 7) is 8.01. The topological polar surface area (TPSA) is 89.3 Å². The number of nitrogens with one attached hydrogen (secondary N) is 1. The van der Waals surface area contributed by atoms with E-state index in [0.29, 0.717) is 18.3 Å². The number of aromatic nitrogens is 3. The maximum Gasteiger partial charge on any atom is 0.407 e. The molecule has 3 aromatic heterocycles. The SMILES string of the molecule is C[C@@H](O)c1nc2cnc3ccsc3c2n1C1CCC(CNC(=O)OC(C)(C)C)CC1. The van der Waals surface area contributed by atoms with Crippen LogP contribution in [0.1, 0.15) is 71.3 Å². The predicted octanol–water partition coefficient (Wildman–Crippen LogP) is 4.96. The Morgan fingerprint density at radius 3 is 2.73 bits per heavy atom. The highest BCUT2D eigenvalue weighted by atomic mass is 32.1. The normalized spacial score (nSPS) is 21.1. The third-order valence-electron chi connectivity index (χ3n) is 5.64. The molecule has 0 unspecified atom stereocenters. The monoisotopic (exact) mass is 430 g/mol. The van der Waals surface area contributed by atoms with Crippen LogP contribution in [0.3, 0.4) is 0 Å². The lowest BCUT2D eigenvalue weighted by molar-refractivity contribution is 0.0513. The molecule has 2 N–H and O–H groups in total. The summed E-state index contributed by atoms with van der Waals surface area (Å²) in [5.41, 5.74) is 2.42. The predicted molar refractivity (Wildman–Crippen MR) is 119 cm³/mol. The van der Waals surface area contributed by atoms with Crippen molar-refractivity contribution in [2.24, 2.45) is 5.92 Å². The van der Waals surface area contributed by atoms with Gasteiger partial charge in [0.05, 0.1) is 21.9 Å². The van der Waals surface area contributed by atoms with E-state index in [9.17, 15) is 9.90 Å². The minimum Gasteiger partial charge on any atom is -0.444 e. The maximum atomic E-state index is 11.9. The summed E-state index contributed by atoms with van der Waals surface area (Å²) in [4.78, 5) is 21.2. The maximum absolute atomic E-state index is 11.9. The molecule has 0 spiro atoms. The number of ether oxygens (including phenoxy) is 1. The second-order valence-electron chi connectivity index (χ2n) is 9.20. The van der Waals surface area contributed by atoms with E-state index >= 15 is 0 Å². The van der Waals surface area contributed by atoms with E-state index in [0.717, 1.165) is 46.9 Å². The average molecular weight is 431 g/mol. The molecule has 3 aromatic rings. The summed E-state index contributed by atoms with van der Waals surface area (Å²) >= 11 is 1.67. The van der Waals surface area contributed by atoms with Crippen LogP contribution in [-0.2, 0) is 4.74 Å². The van der Waals surface area contributed by atoms with Crippen molar-refractivity contribution < 1.29 is 14.6 Å². The Balaban J connectivity index is 1.50. The molecule has 1 aliphatic rings. The number of carbonyl (C=O) groups excluding carboxylic acids is 1. The first kappa shape index (κ1) is 21.1. The number of nitrogens with zero attached hydrogens (tertiary/aromatic N) is 3. The zero-order chi connectivity index (χ0) is 21.5. The first-order chi connectivity index (χ1) is 14.2. The molecule has 1 fully saturated rings. The van der Waals surface area contributed by atoms with Crippen molar-refractivity contribution in [2.45, 2.75) is 71.1 Å².